The quantitative estimate of drug-likeness (QED) is 0.709. The summed E-state index contributed by atoms with van der Waals surface area (Å²) in [6, 6.07) is 8.33. The smallest absolute Gasteiger partial charge is 0.251 e. The third-order valence-electron chi connectivity index (χ3n) is 6.54. The van der Waals surface area contributed by atoms with E-state index in [1.165, 1.54) is 24.8 Å². The molecule has 0 unspecified atom stereocenters. The van der Waals surface area contributed by atoms with E-state index >= 15 is 0 Å². The van der Waals surface area contributed by atoms with Crippen molar-refractivity contribution in [2.75, 3.05) is 20.2 Å². The van der Waals surface area contributed by atoms with Gasteiger partial charge in [0.05, 0.1) is 5.60 Å². The Morgan fingerprint density at radius 3 is 2.24 bits per heavy atom. The van der Waals surface area contributed by atoms with Crippen LogP contribution in [0.25, 0.3) is 0 Å². The van der Waals surface area contributed by atoms with E-state index in [9.17, 15) is 4.79 Å². The van der Waals surface area contributed by atoms with E-state index in [1.807, 2.05) is 19.2 Å². The van der Waals surface area contributed by atoms with Gasteiger partial charge in [0, 0.05) is 19.2 Å². The lowest BCUT2D eigenvalue weighted by Crippen LogP contribution is -2.49. The minimum Gasteiger partial charge on any atom is -0.378 e. The third-order valence-corrected chi connectivity index (χ3v) is 6.54. The fourth-order valence-electron chi connectivity index (χ4n) is 4.62. The molecule has 0 atom stereocenters. The van der Waals surface area contributed by atoms with Gasteiger partial charge in [-0.25, -0.2) is 0 Å². The van der Waals surface area contributed by atoms with Gasteiger partial charge in [-0.2, -0.15) is 0 Å². The number of methoxy groups -OCH3 is 1. The molecule has 0 spiro atoms. The van der Waals surface area contributed by atoms with Crippen LogP contribution in [-0.2, 0) is 10.2 Å². The van der Waals surface area contributed by atoms with Crippen LogP contribution in [0, 0.1) is 0 Å². The maximum Gasteiger partial charge on any atom is 0.251 e. The number of nitrogens with one attached hydrogen (secondary N) is 1. The van der Waals surface area contributed by atoms with Crippen molar-refractivity contribution in [1.82, 2.24) is 5.32 Å². The first kappa shape index (κ1) is 18.4. The van der Waals surface area contributed by atoms with Crippen molar-refractivity contribution in [1.29, 1.82) is 0 Å². The van der Waals surface area contributed by atoms with Gasteiger partial charge in [-0.1, -0.05) is 18.6 Å². The molecule has 1 amide bonds. The zero-order valence-electron chi connectivity index (χ0n) is 15.5. The molecule has 0 aliphatic heterocycles. The summed E-state index contributed by atoms with van der Waals surface area (Å²) in [4.78, 5) is 12.3. The zero-order chi connectivity index (χ0) is 17.8. The predicted molar refractivity (Wildman–Crippen MR) is 101 cm³/mol. The summed E-state index contributed by atoms with van der Waals surface area (Å²) in [6.45, 7) is 1.45. The van der Waals surface area contributed by atoms with Gasteiger partial charge < -0.3 is 15.8 Å². The molecule has 3 N–H and O–H groups in total. The van der Waals surface area contributed by atoms with E-state index in [2.05, 4.69) is 17.4 Å². The second kappa shape index (κ2) is 7.88. The second-order valence-corrected chi connectivity index (χ2v) is 7.85. The van der Waals surface area contributed by atoms with Gasteiger partial charge >= 0.3 is 0 Å². The number of rotatable bonds is 8. The fourth-order valence-corrected chi connectivity index (χ4v) is 4.62. The minimum absolute atomic E-state index is 0.0301. The van der Waals surface area contributed by atoms with E-state index < -0.39 is 0 Å². The molecule has 4 rings (SSSR count). The molecule has 0 radical (unpaired) electrons. The average Bonchev–Trinajstić information content (AvgIpc) is 2.69. The highest BCUT2D eigenvalue weighted by Crippen LogP contribution is 2.54. The van der Waals surface area contributed by atoms with Crippen molar-refractivity contribution >= 4 is 5.91 Å². The number of carbonyl (C=O) groups excluding carboxylic acids is 1. The number of nitrogens with two attached hydrogens (primary N) is 1. The van der Waals surface area contributed by atoms with E-state index in [0.717, 1.165) is 57.2 Å². The first-order valence-corrected chi connectivity index (χ1v) is 9.77. The molecule has 2 bridgehead atoms. The molecule has 1 aromatic carbocycles. The van der Waals surface area contributed by atoms with Crippen molar-refractivity contribution in [2.45, 2.75) is 68.8 Å². The summed E-state index contributed by atoms with van der Waals surface area (Å²) < 4.78 is 5.80. The van der Waals surface area contributed by atoms with Gasteiger partial charge in [-0.05, 0) is 81.0 Å². The van der Waals surface area contributed by atoms with Crippen LogP contribution in [0.4, 0.5) is 0 Å². The molecule has 3 saturated carbocycles. The highest BCUT2D eigenvalue weighted by Gasteiger charge is 2.49. The van der Waals surface area contributed by atoms with Crippen molar-refractivity contribution in [3.8, 4) is 0 Å². The predicted octanol–water partition coefficient (Wildman–Crippen LogP) is 3.54. The Kier molecular flexibility index (Phi) is 5.80. The number of carbonyl (C=O) groups is 1. The molecule has 3 aliphatic carbocycles. The molecule has 138 valence electrons. The Labute approximate surface area is 151 Å². The first-order chi connectivity index (χ1) is 12.1. The van der Waals surface area contributed by atoms with Gasteiger partial charge in [0.2, 0.25) is 0 Å². The lowest BCUT2D eigenvalue weighted by atomic mass is 9.56. The number of ether oxygens (including phenoxy) is 1. The summed E-state index contributed by atoms with van der Waals surface area (Å²) in [5.41, 5.74) is 8.09. The molecule has 0 aromatic heterocycles. The minimum atomic E-state index is 0.0301. The molecule has 3 aliphatic rings. The van der Waals surface area contributed by atoms with Crippen LogP contribution >= 0.6 is 0 Å². The highest BCUT2D eigenvalue weighted by atomic mass is 16.5. The van der Waals surface area contributed by atoms with Crippen LogP contribution in [0.15, 0.2) is 24.3 Å². The largest absolute Gasteiger partial charge is 0.378 e. The van der Waals surface area contributed by atoms with Crippen molar-refractivity contribution in [2.24, 2.45) is 5.73 Å². The number of hydrogen-bond donors (Lipinski definition) is 2. The molecule has 1 aromatic rings. The Balaban J connectivity index is 1.57. The highest BCUT2D eigenvalue weighted by molar-refractivity contribution is 5.94. The van der Waals surface area contributed by atoms with Gasteiger partial charge in [0.1, 0.15) is 0 Å². The second-order valence-electron chi connectivity index (χ2n) is 7.85. The molecule has 0 saturated heterocycles. The van der Waals surface area contributed by atoms with E-state index in [1.54, 1.807) is 0 Å². The Bertz CT molecular complexity index is 558. The number of hydrogen-bond acceptors (Lipinski definition) is 3. The SMILES string of the molecule is COC12CCC(c3ccc(C(=O)NCCCCCN)cc3)(CC1)CC2. The van der Waals surface area contributed by atoms with Crippen molar-refractivity contribution < 1.29 is 9.53 Å². The van der Waals surface area contributed by atoms with Crippen molar-refractivity contribution in [3.63, 3.8) is 0 Å². The van der Waals surface area contributed by atoms with Crippen LogP contribution in [-0.4, -0.2) is 31.7 Å². The summed E-state index contributed by atoms with van der Waals surface area (Å²) in [5, 5.41) is 3.00. The lowest BCUT2D eigenvalue weighted by molar-refractivity contribution is -0.0955. The molecule has 25 heavy (non-hydrogen) atoms. The topological polar surface area (TPSA) is 64.3 Å². The maximum atomic E-state index is 12.3. The normalized spacial score (nSPS) is 28.1. The van der Waals surface area contributed by atoms with Crippen LogP contribution in [0.1, 0.15) is 73.7 Å². The van der Waals surface area contributed by atoms with Gasteiger partial charge in [-0.3, -0.25) is 4.79 Å². The molecule has 3 fully saturated rings. The van der Waals surface area contributed by atoms with Gasteiger partial charge in [0.25, 0.3) is 5.91 Å². The summed E-state index contributed by atoms with van der Waals surface area (Å²) >= 11 is 0. The molecular weight excluding hydrogens is 312 g/mol. The van der Waals surface area contributed by atoms with Gasteiger partial charge in [-0.15, -0.1) is 0 Å². The summed E-state index contributed by atoms with van der Waals surface area (Å²) in [7, 11) is 1.86. The Morgan fingerprint density at radius 2 is 1.68 bits per heavy atom. The van der Waals surface area contributed by atoms with Crippen LogP contribution in [0.3, 0.4) is 0 Å². The number of fused-ring (bicyclic) bond motifs is 3. The fraction of sp³-hybridized carbons (Fsp3) is 0.667. The van der Waals surface area contributed by atoms with Crippen LogP contribution in [0.5, 0.6) is 0 Å². The number of amides is 1. The average molecular weight is 344 g/mol. The monoisotopic (exact) mass is 344 g/mol. The molecular formula is C21H32N2O2. The van der Waals surface area contributed by atoms with Crippen molar-refractivity contribution in [3.05, 3.63) is 35.4 Å². The lowest BCUT2D eigenvalue weighted by Gasteiger charge is -2.53. The maximum absolute atomic E-state index is 12.3. The molecule has 4 nitrogen and oxygen atoms in total. The first-order valence-electron chi connectivity index (χ1n) is 9.77. The van der Waals surface area contributed by atoms with Crippen LogP contribution < -0.4 is 11.1 Å². The van der Waals surface area contributed by atoms with E-state index in [4.69, 9.17) is 10.5 Å². The Morgan fingerprint density at radius 1 is 1.04 bits per heavy atom. The van der Waals surface area contributed by atoms with E-state index in [-0.39, 0.29) is 11.5 Å². The molecule has 4 heteroatoms. The standard InChI is InChI=1S/C21H32N2O2/c1-25-21-12-9-20(10-13-21,11-14-21)18-7-5-17(6-8-18)19(24)23-16-4-2-3-15-22/h5-8H,2-4,9-16,22H2,1H3,(H,23,24). The number of benzene rings is 1. The summed E-state index contributed by atoms with van der Waals surface area (Å²) in [5.74, 6) is 0.0301. The zero-order valence-corrected chi connectivity index (χ0v) is 15.5. The van der Waals surface area contributed by atoms with E-state index in [0.29, 0.717) is 5.41 Å². The van der Waals surface area contributed by atoms with Gasteiger partial charge in [0.15, 0.2) is 0 Å². The summed E-state index contributed by atoms with van der Waals surface area (Å²) in [6.07, 6.45) is 10.2. The number of unbranched alkanes of at least 4 members (excludes halogenated alkanes) is 2. The Hall–Kier alpha value is -1.39. The molecule has 0 heterocycles. The van der Waals surface area contributed by atoms with Crippen LogP contribution in [0.2, 0.25) is 0 Å². The third kappa shape index (κ3) is 3.90.